The number of nitrogens with one attached hydrogen (secondary N) is 2. The molecule has 1 fully saturated rings. The number of hydrogen-bond acceptors (Lipinski definition) is 6. The lowest BCUT2D eigenvalue weighted by molar-refractivity contribution is -0.131. The summed E-state index contributed by atoms with van der Waals surface area (Å²) in [4.78, 5) is 29.2. The molecule has 2 aromatic rings. The molecule has 1 aromatic carbocycles. The summed E-state index contributed by atoms with van der Waals surface area (Å²) in [5.41, 5.74) is 0.853. The van der Waals surface area contributed by atoms with Crippen molar-refractivity contribution in [1.29, 1.82) is 0 Å². The SMILES string of the molecule is COc1ccc(S(=O)(=O)N2CCCC(C(=O)NC(C)C(=O)NCc3cccnc3)C2)cc1. The topological polar surface area (TPSA) is 118 Å². The van der Waals surface area contributed by atoms with Crippen LogP contribution in [0.25, 0.3) is 0 Å². The van der Waals surface area contributed by atoms with Crippen LogP contribution in [0.1, 0.15) is 25.3 Å². The fourth-order valence-electron chi connectivity index (χ4n) is 3.51. The normalized spacial score (nSPS) is 17.9. The highest BCUT2D eigenvalue weighted by Crippen LogP contribution is 2.25. The van der Waals surface area contributed by atoms with E-state index in [0.29, 0.717) is 31.7 Å². The Balaban J connectivity index is 1.56. The van der Waals surface area contributed by atoms with E-state index in [1.807, 2.05) is 6.07 Å². The molecular weight excluding hydrogens is 432 g/mol. The first-order valence-corrected chi connectivity index (χ1v) is 11.9. The van der Waals surface area contributed by atoms with Gasteiger partial charge in [-0.05, 0) is 55.7 Å². The first-order chi connectivity index (χ1) is 15.3. The van der Waals surface area contributed by atoms with Gasteiger partial charge in [0.25, 0.3) is 0 Å². The summed E-state index contributed by atoms with van der Waals surface area (Å²) in [5, 5.41) is 5.47. The molecule has 0 saturated carbocycles. The zero-order valence-electron chi connectivity index (χ0n) is 18.2. The van der Waals surface area contributed by atoms with E-state index in [2.05, 4.69) is 15.6 Å². The fraction of sp³-hybridized carbons (Fsp3) is 0.409. The minimum absolute atomic E-state index is 0.0736. The quantitative estimate of drug-likeness (QED) is 0.613. The van der Waals surface area contributed by atoms with Gasteiger partial charge >= 0.3 is 0 Å². The number of rotatable bonds is 8. The number of carbonyl (C=O) groups excluding carboxylic acids is 2. The predicted molar refractivity (Wildman–Crippen MR) is 118 cm³/mol. The van der Waals surface area contributed by atoms with Crippen molar-refractivity contribution < 1.29 is 22.7 Å². The summed E-state index contributed by atoms with van der Waals surface area (Å²) < 4.78 is 32.4. The van der Waals surface area contributed by atoms with Gasteiger partial charge in [-0.1, -0.05) is 6.07 Å². The van der Waals surface area contributed by atoms with Crippen LogP contribution in [-0.4, -0.2) is 55.8 Å². The Kier molecular flexibility index (Phi) is 7.81. The second kappa shape index (κ2) is 10.6. The lowest BCUT2D eigenvalue weighted by atomic mass is 9.98. The van der Waals surface area contributed by atoms with Gasteiger partial charge in [0.15, 0.2) is 0 Å². The average Bonchev–Trinajstić information content (AvgIpc) is 2.83. The van der Waals surface area contributed by atoms with Gasteiger partial charge in [0.05, 0.1) is 17.9 Å². The summed E-state index contributed by atoms with van der Waals surface area (Å²) in [6, 6.07) is 9.05. The third-order valence-electron chi connectivity index (χ3n) is 5.39. The number of sulfonamides is 1. The number of amides is 2. The maximum absolute atomic E-state index is 13.0. The van der Waals surface area contributed by atoms with Gasteiger partial charge in [0.1, 0.15) is 11.8 Å². The van der Waals surface area contributed by atoms with Gasteiger partial charge in [-0.3, -0.25) is 14.6 Å². The molecule has 2 atom stereocenters. The first-order valence-electron chi connectivity index (χ1n) is 10.4. The van der Waals surface area contributed by atoms with Crippen LogP contribution in [0.2, 0.25) is 0 Å². The Labute approximate surface area is 188 Å². The maximum Gasteiger partial charge on any atom is 0.243 e. The standard InChI is InChI=1S/C22H28N4O5S/c1-16(21(27)24-14-17-5-3-11-23-13-17)25-22(28)18-6-4-12-26(15-18)32(29,30)20-9-7-19(31-2)8-10-20/h3,5,7-11,13,16,18H,4,6,12,14-15H2,1-2H3,(H,24,27)(H,25,28). The lowest BCUT2D eigenvalue weighted by Crippen LogP contribution is -2.50. The molecular formula is C22H28N4O5S. The van der Waals surface area contributed by atoms with E-state index in [-0.39, 0.29) is 23.3 Å². The molecule has 32 heavy (non-hydrogen) atoms. The van der Waals surface area contributed by atoms with Crippen molar-refractivity contribution in [3.63, 3.8) is 0 Å². The molecule has 0 spiro atoms. The second-order valence-corrected chi connectivity index (χ2v) is 9.63. The average molecular weight is 461 g/mol. The number of methoxy groups -OCH3 is 1. The summed E-state index contributed by atoms with van der Waals surface area (Å²) in [5.74, 6) is -0.606. The number of pyridine rings is 1. The number of piperidine rings is 1. The number of hydrogen-bond donors (Lipinski definition) is 2. The lowest BCUT2D eigenvalue weighted by Gasteiger charge is -2.31. The summed E-state index contributed by atoms with van der Waals surface area (Å²) in [7, 11) is -2.21. The minimum Gasteiger partial charge on any atom is -0.497 e. The molecule has 172 valence electrons. The van der Waals surface area contributed by atoms with Crippen molar-refractivity contribution in [3.8, 4) is 5.75 Å². The van der Waals surface area contributed by atoms with Crippen molar-refractivity contribution in [2.24, 2.45) is 5.92 Å². The van der Waals surface area contributed by atoms with E-state index in [4.69, 9.17) is 4.74 Å². The zero-order valence-corrected chi connectivity index (χ0v) is 19.0. The van der Waals surface area contributed by atoms with Crippen LogP contribution in [0.4, 0.5) is 0 Å². The Morgan fingerprint density at radius 1 is 1.25 bits per heavy atom. The maximum atomic E-state index is 13.0. The van der Waals surface area contributed by atoms with Crippen molar-refractivity contribution in [1.82, 2.24) is 19.9 Å². The van der Waals surface area contributed by atoms with Crippen molar-refractivity contribution in [2.75, 3.05) is 20.2 Å². The van der Waals surface area contributed by atoms with E-state index in [1.54, 1.807) is 37.5 Å². The van der Waals surface area contributed by atoms with Gasteiger partial charge in [0, 0.05) is 32.0 Å². The molecule has 2 N–H and O–H groups in total. The molecule has 1 aromatic heterocycles. The van der Waals surface area contributed by atoms with Crippen LogP contribution in [0, 0.1) is 5.92 Å². The van der Waals surface area contributed by atoms with Crippen LogP contribution >= 0.6 is 0 Å². The molecule has 0 bridgehead atoms. The molecule has 0 radical (unpaired) electrons. The molecule has 2 heterocycles. The van der Waals surface area contributed by atoms with Gasteiger partial charge in [-0.25, -0.2) is 8.42 Å². The third-order valence-corrected chi connectivity index (χ3v) is 7.27. The molecule has 1 aliphatic heterocycles. The van der Waals surface area contributed by atoms with E-state index >= 15 is 0 Å². The van der Waals surface area contributed by atoms with Gasteiger partial charge < -0.3 is 15.4 Å². The molecule has 9 nitrogen and oxygen atoms in total. The monoisotopic (exact) mass is 460 g/mol. The van der Waals surface area contributed by atoms with Crippen molar-refractivity contribution >= 4 is 21.8 Å². The van der Waals surface area contributed by atoms with E-state index < -0.39 is 22.0 Å². The largest absolute Gasteiger partial charge is 0.497 e. The fourth-order valence-corrected chi connectivity index (χ4v) is 5.04. The predicted octanol–water partition coefficient (Wildman–Crippen LogP) is 1.31. The number of ether oxygens (including phenoxy) is 1. The number of nitrogens with zero attached hydrogens (tertiary/aromatic N) is 2. The molecule has 2 unspecified atom stereocenters. The summed E-state index contributed by atoms with van der Waals surface area (Å²) in [6.45, 7) is 2.33. The minimum atomic E-state index is -3.72. The first kappa shape index (κ1) is 23.7. The highest BCUT2D eigenvalue weighted by molar-refractivity contribution is 7.89. The Bertz CT molecular complexity index is 1030. The van der Waals surface area contributed by atoms with Crippen LogP contribution < -0.4 is 15.4 Å². The summed E-state index contributed by atoms with van der Waals surface area (Å²) in [6.07, 6.45) is 4.43. The van der Waals surface area contributed by atoms with Crippen molar-refractivity contribution in [3.05, 3.63) is 54.4 Å². The van der Waals surface area contributed by atoms with Crippen LogP contribution in [-0.2, 0) is 26.2 Å². The smallest absolute Gasteiger partial charge is 0.243 e. The van der Waals surface area contributed by atoms with Gasteiger partial charge in [0.2, 0.25) is 21.8 Å². The molecule has 2 amide bonds. The van der Waals surface area contributed by atoms with Crippen LogP contribution in [0.5, 0.6) is 5.75 Å². The Morgan fingerprint density at radius 2 is 2.00 bits per heavy atom. The number of carbonyl (C=O) groups is 2. The van der Waals surface area contributed by atoms with E-state index in [0.717, 1.165) is 5.56 Å². The molecule has 1 aliphatic rings. The highest BCUT2D eigenvalue weighted by atomic mass is 32.2. The van der Waals surface area contributed by atoms with Crippen LogP contribution in [0.15, 0.2) is 53.7 Å². The Morgan fingerprint density at radius 3 is 2.66 bits per heavy atom. The molecule has 1 saturated heterocycles. The zero-order chi connectivity index (χ0) is 23.1. The van der Waals surface area contributed by atoms with Gasteiger partial charge in [-0.2, -0.15) is 4.31 Å². The van der Waals surface area contributed by atoms with E-state index in [1.165, 1.54) is 23.5 Å². The van der Waals surface area contributed by atoms with Gasteiger partial charge in [-0.15, -0.1) is 0 Å². The van der Waals surface area contributed by atoms with Crippen molar-refractivity contribution in [2.45, 2.75) is 37.2 Å². The summed E-state index contributed by atoms with van der Waals surface area (Å²) >= 11 is 0. The molecule has 0 aliphatic carbocycles. The second-order valence-electron chi connectivity index (χ2n) is 7.69. The molecule has 3 rings (SSSR count). The number of benzene rings is 1. The van der Waals surface area contributed by atoms with E-state index in [9.17, 15) is 18.0 Å². The van der Waals surface area contributed by atoms with Crippen LogP contribution in [0.3, 0.4) is 0 Å². The Hall–Kier alpha value is -2.98. The highest BCUT2D eigenvalue weighted by Gasteiger charge is 2.34. The molecule has 10 heteroatoms. The third kappa shape index (κ3) is 5.83. The number of aromatic nitrogens is 1.